The number of carbonyl (C=O) groups excluding carboxylic acids is 2. The molecule has 15 heavy (non-hydrogen) atoms. The fourth-order valence-corrected chi connectivity index (χ4v) is 2.01. The van der Waals surface area contributed by atoms with Gasteiger partial charge in [0.25, 0.3) is 0 Å². The number of rotatable bonds is 3. The zero-order valence-electron chi connectivity index (χ0n) is 9.19. The predicted octanol–water partition coefficient (Wildman–Crippen LogP) is 0.374. The zero-order chi connectivity index (χ0) is 11.4. The Morgan fingerprint density at radius 2 is 1.33 bits per heavy atom. The van der Waals surface area contributed by atoms with Gasteiger partial charge in [0.2, 0.25) is 0 Å². The van der Waals surface area contributed by atoms with E-state index < -0.39 is 11.8 Å². The molecule has 0 heterocycles. The summed E-state index contributed by atoms with van der Waals surface area (Å²) in [7, 11) is 4.20. The standard InChI is InChI=1S/C10H16O5/c1-13-6-4-7(9(11)14-2)8(5-6)10(12)15-3/h6-8H,4-5H2,1-3H3. The van der Waals surface area contributed by atoms with Crippen LogP contribution in [0.5, 0.6) is 0 Å². The van der Waals surface area contributed by atoms with Gasteiger partial charge in [-0.05, 0) is 12.8 Å². The minimum Gasteiger partial charge on any atom is -0.469 e. The second kappa shape index (κ2) is 5.11. The minimum absolute atomic E-state index is 0.0711. The molecule has 0 aromatic heterocycles. The molecule has 0 spiro atoms. The van der Waals surface area contributed by atoms with Gasteiger partial charge in [-0.3, -0.25) is 9.59 Å². The van der Waals surface area contributed by atoms with E-state index in [-0.39, 0.29) is 18.0 Å². The Balaban J connectivity index is 2.73. The molecule has 0 aliphatic heterocycles. The molecule has 86 valence electrons. The molecule has 0 saturated heterocycles. The Morgan fingerprint density at radius 3 is 1.60 bits per heavy atom. The van der Waals surface area contributed by atoms with Gasteiger partial charge >= 0.3 is 11.9 Å². The smallest absolute Gasteiger partial charge is 0.309 e. The lowest BCUT2D eigenvalue weighted by Gasteiger charge is -2.13. The van der Waals surface area contributed by atoms with Crippen molar-refractivity contribution >= 4 is 11.9 Å². The predicted molar refractivity (Wildman–Crippen MR) is 51.0 cm³/mol. The van der Waals surface area contributed by atoms with E-state index in [0.717, 1.165) is 0 Å². The van der Waals surface area contributed by atoms with Crippen LogP contribution in [-0.2, 0) is 23.8 Å². The first-order valence-corrected chi connectivity index (χ1v) is 4.82. The van der Waals surface area contributed by atoms with Gasteiger partial charge in [0.15, 0.2) is 0 Å². The van der Waals surface area contributed by atoms with E-state index in [1.807, 2.05) is 0 Å². The van der Waals surface area contributed by atoms with Crippen LogP contribution in [0.3, 0.4) is 0 Å². The molecular weight excluding hydrogens is 200 g/mol. The topological polar surface area (TPSA) is 61.8 Å². The van der Waals surface area contributed by atoms with Crippen LogP contribution < -0.4 is 0 Å². The largest absolute Gasteiger partial charge is 0.469 e. The first kappa shape index (κ1) is 12.0. The number of hydrogen-bond acceptors (Lipinski definition) is 5. The molecule has 0 amide bonds. The molecule has 2 unspecified atom stereocenters. The van der Waals surface area contributed by atoms with Crippen LogP contribution in [-0.4, -0.2) is 39.4 Å². The number of hydrogen-bond donors (Lipinski definition) is 0. The van der Waals surface area contributed by atoms with E-state index in [4.69, 9.17) is 4.74 Å². The Kier molecular flexibility index (Phi) is 4.08. The molecule has 1 saturated carbocycles. The minimum atomic E-state index is -0.438. The SMILES string of the molecule is COC(=O)C1CC(OC)CC1C(=O)OC. The summed E-state index contributed by atoms with van der Waals surface area (Å²) < 4.78 is 14.4. The molecule has 2 atom stereocenters. The maximum Gasteiger partial charge on any atom is 0.309 e. The molecule has 0 N–H and O–H groups in total. The second-order valence-corrected chi connectivity index (χ2v) is 3.59. The normalized spacial score (nSPS) is 29.9. The van der Waals surface area contributed by atoms with Crippen LogP contribution in [0.15, 0.2) is 0 Å². The highest BCUT2D eigenvalue weighted by molar-refractivity contribution is 5.82. The third-order valence-electron chi connectivity index (χ3n) is 2.86. The summed E-state index contributed by atoms with van der Waals surface area (Å²) in [6, 6.07) is 0. The van der Waals surface area contributed by atoms with Crippen molar-refractivity contribution in [2.75, 3.05) is 21.3 Å². The molecule has 1 aliphatic carbocycles. The van der Waals surface area contributed by atoms with Crippen LogP contribution in [0.2, 0.25) is 0 Å². The fourth-order valence-electron chi connectivity index (χ4n) is 2.01. The van der Waals surface area contributed by atoms with E-state index in [1.54, 1.807) is 7.11 Å². The van der Waals surface area contributed by atoms with E-state index in [0.29, 0.717) is 12.8 Å². The third-order valence-corrected chi connectivity index (χ3v) is 2.86. The van der Waals surface area contributed by atoms with Crippen LogP contribution >= 0.6 is 0 Å². The fraction of sp³-hybridized carbons (Fsp3) is 0.800. The number of carbonyl (C=O) groups is 2. The van der Waals surface area contributed by atoms with Crippen molar-refractivity contribution in [1.82, 2.24) is 0 Å². The van der Waals surface area contributed by atoms with Gasteiger partial charge in [-0.15, -0.1) is 0 Å². The summed E-state index contributed by atoms with van der Waals surface area (Å²) >= 11 is 0. The first-order valence-electron chi connectivity index (χ1n) is 4.82. The number of ether oxygens (including phenoxy) is 3. The monoisotopic (exact) mass is 216 g/mol. The van der Waals surface area contributed by atoms with Gasteiger partial charge in [0, 0.05) is 7.11 Å². The van der Waals surface area contributed by atoms with Gasteiger partial charge in [0.05, 0.1) is 32.2 Å². The van der Waals surface area contributed by atoms with E-state index >= 15 is 0 Å². The maximum atomic E-state index is 11.4. The van der Waals surface area contributed by atoms with Crippen molar-refractivity contribution in [3.8, 4) is 0 Å². The molecule has 0 aromatic carbocycles. The highest BCUT2D eigenvalue weighted by Gasteiger charge is 2.44. The van der Waals surface area contributed by atoms with Gasteiger partial charge in [0.1, 0.15) is 0 Å². The second-order valence-electron chi connectivity index (χ2n) is 3.59. The van der Waals surface area contributed by atoms with Crippen molar-refractivity contribution in [3.05, 3.63) is 0 Å². The van der Waals surface area contributed by atoms with Crippen molar-refractivity contribution < 1.29 is 23.8 Å². The molecule has 0 aromatic rings. The van der Waals surface area contributed by atoms with E-state index in [9.17, 15) is 9.59 Å². The summed E-state index contributed by atoms with van der Waals surface area (Å²) in [5.74, 6) is -1.62. The van der Waals surface area contributed by atoms with Gasteiger partial charge in [-0.1, -0.05) is 0 Å². The lowest BCUT2D eigenvalue weighted by Crippen LogP contribution is -2.27. The van der Waals surface area contributed by atoms with Crippen molar-refractivity contribution in [2.45, 2.75) is 18.9 Å². The Morgan fingerprint density at radius 1 is 0.933 bits per heavy atom. The third kappa shape index (κ3) is 2.47. The summed E-state index contributed by atoms with van der Waals surface area (Å²) in [6.45, 7) is 0. The molecular formula is C10H16O5. The maximum absolute atomic E-state index is 11.4. The summed E-state index contributed by atoms with van der Waals surface area (Å²) in [5, 5.41) is 0. The average molecular weight is 216 g/mol. The van der Waals surface area contributed by atoms with Crippen molar-refractivity contribution in [3.63, 3.8) is 0 Å². The highest BCUT2D eigenvalue weighted by atomic mass is 16.5. The summed E-state index contributed by atoms with van der Waals surface area (Å²) in [4.78, 5) is 22.8. The zero-order valence-corrected chi connectivity index (χ0v) is 9.19. The van der Waals surface area contributed by atoms with Crippen molar-refractivity contribution in [2.24, 2.45) is 11.8 Å². The van der Waals surface area contributed by atoms with E-state index in [2.05, 4.69) is 9.47 Å². The van der Waals surface area contributed by atoms with E-state index in [1.165, 1.54) is 14.2 Å². The summed E-state index contributed by atoms with van der Waals surface area (Å²) in [5.41, 5.74) is 0. The summed E-state index contributed by atoms with van der Waals surface area (Å²) in [6.07, 6.45) is 0.962. The highest BCUT2D eigenvalue weighted by Crippen LogP contribution is 2.35. The van der Waals surface area contributed by atoms with Gasteiger partial charge in [-0.25, -0.2) is 0 Å². The Labute approximate surface area is 88.7 Å². The van der Waals surface area contributed by atoms with Gasteiger partial charge in [-0.2, -0.15) is 0 Å². The molecule has 1 fully saturated rings. The van der Waals surface area contributed by atoms with Crippen LogP contribution in [0.25, 0.3) is 0 Å². The molecule has 5 nitrogen and oxygen atoms in total. The lowest BCUT2D eigenvalue weighted by molar-refractivity contribution is -0.156. The molecule has 5 heteroatoms. The molecule has 0 bridgehead atoms. The van der Waals surface area contributed by atoms with Crippen molar-refractivity contribution in [1.29, 1.82) is 0 Å². The van der Waals surface area contributed by atoms with Crippen LogP contribution in [0, 0.1) is 11.8 Å². The Bertz CT molecular complexity index is 226. The molecule has 1 rings (SSSR count). The average Bonchev–Trinajstić information content (AvgIpc) is 2.70. The Hall–Kier alpha value is -1.10. The lowest BCUT2D eigenvalue weighted by atomic mass is 9.96. The van der Waals surface area contributed by atoms with Gasteiger partial charge < -0.3 is 14.2 Å². The quantitative estimate of drug-likeness (QED) is 0.638. The van der Waals surface area contributed by atoms with Crippen LogP contribution in [0.1, 0.15) is 12.8 Å². The first-order chi connectivity index (χ1) is 7.13. The molecule has 1 aliphatic rings. The van der Waals surface area contributed by atoms with Crippen LogP contribution in [0.4, 0.5) is 0 Å². The number of esters is 2. The molecule has 0 radical (unpaired) electrons. The number of methoxy groups -OCH3 is 3.